The lowest BCUT2D eigenvalue weighted by Gasteiger charge is -2.07. The van der Waals surface area contributed by atoms with E-state index in [1.807, 2.05) is 13.8 Å². The number of nitro groups is 1. The van der Waals surface area contributed by atoms with E-state index in [9.17, 15) is 20.0 Å². The molecule has 0 saturated heterocycles. The maximum atomic E-state index is 11.3. The summed E-state index contributed by atoms with van der Waals surface area (Å²) >= 11 is 0. The van der Waals surface area contributed by atoms with Gasteiger partial charge in [0.15, 0.2) is 5.69 Å². The molecule has 0 spiro atoms. The van der Waals surface area contributed by atoms with E-state index in [2.05, 4.69) is 9.97 Å². The average molecular weight is 275 g/mol. The van der Waals surface area contributed by atoms with Crippen LogP contribution in [0.15, 0.2) is 18.2 Å². The fourth-order valence-corrected chi connectivity index (χ4v) is 1.90. The summed E-state index contributed by atoms with van der Waals surface area (Å²) in [5.41, 5.74) is 0.0215. The molecule has 7 heteroatoms. The predicted molar refractivity (Wildman–Crippen MR) is 71.7 cm³/mol. The first-order valence-electron chi connectivity index (χ1n) is 6.07. The van der Waals surface area contributed by atoms with Gasteiger partial charge in [-0.1, -0.05) is 13.8 Å². The number of rotatable bonds is 4. The number of benzene rings is 1. The molecule has 0 aliphatic heterocycles. The smallest absolute Gasteiger partial charge is 0.355 e. The molecule has 0 aliphatic carbocycles. The van der Waals surface area contributed by atoms with Crippen molar-refractivity contribution in [1.82, 2.24) is 9.97 Å². The molecule has 20 heavy (non-hydrogen) atoms. The Morgan fingerprint density at radius 3 is 2.65 bits per heavy atom. The molecule has 0 radical (unpaired) electrons. The Morgan fingerprint density at radius 2 is 2.10 bits per heavy atom. The first-order valence-corrected chi connectivity index (χ1v) is 6.07. The van der Waals surface area contributed by atoms with Crippen LogP contribution >= 0.6 is 0 Å². The Balaban J connectivity index is 2.68. The number of aromatic nitrogens is 2. The molecule has 0 saturated carbocycles. The predicted octanol–water partition coefficient (Wildman–Crippen LogP) is 2.43. The highest BCUT2D eigenvalue weighted by molar-refractivity contribution is 6.01. The monoisotopic (exact) mass is 275 g/mol. The molecule has 2 aromatic rings. The molecule has 0 fully saturated rings. The lowest BCUT2D eigenvalue weighted by Crippen LogP contribution is -2.09. The van der Waals surface area contributed by atoms with Crippen LogP contribution in [0.25, 0.3) is 10.9 Å². The summed E-state index contributed by atoms with van der Waals surface area (Å²) in [5.74, 6) is -0.506. The standard InChI is InChI=1S/C13H13N3O4/c1-7(2)5-11-14-10-4-3-8(16(19)20)6-9(10)12(15-11)13(17)18/h3-4,6-7H,5H2,1-2H3,(H,17,18). The second kappa shape index (κ2) is 5.20. The first-order chi connectivity index (χ1) is 9.38. The van der Waals surface area contributed by atoms with Crippen molar-refractivity contribution < 1.29 is 14.8 Å². The van der Waals surface area contributed by atoms with Gasteiger partial charge in [-0.3, -0.25) is 10.1 Å². The third-order valence-electron chi connectivity index (χ3n) is 2.73. The van der Waals surface area contributed by atoms with Crippen molar-refractivity contribution in [3.05, 3.63) is 39.8 Å². The Morgan fingerprint density at radius 1 is 1.40 bits per heavy atom. The molecule has 0 bridgehead atoms. The van der Waals surface area contributed by atoms with Crippen LogP contribution in [0, 0.1) is 16.0 Å². The zero-order chi connectivity index (χ0) is 14.9. The normalized spacial score (nSPS) is 10.9. The number of nitrogens with zero attached hydrogens (tertiary/aromatic N) is 3. The third-order valence-corrected chi connectivity index (χ3v) is 2.73. The zero-order valence-corrected chi connectivity index (χ0v) is 11.0. The summed E-state index contributed by atoms with van der Waals surface area (Å²) in [6, 6.07) is 3.95. The average Bonchev–Trinajstić information content (AvgIpc) is 2.36. The number of carboxylic acids is 1. The summed E-state index contributed by atoms with van der Waals surface area (Å²) in [6.45, 7) is 3.95. The van der Waals surface area contributed by atoms with Crippen molar-refractivity contribution in [1.29, 1.82) is 0 Å². The second-order valence-electron chi connectivity index (χ2n) is 4.85. The van der Waals surface area contributed by atoms with E-state index < -0.39 is 10.9 Å². The van der Waals surface area contributed by atoms with Gasteiger partial charge in [-0.15, -0.1) is 0 Å². The van der Waals surface area contributed by atoms with E-state index in [1.54, 1.807) is 0 Å². The third kappa shape index (κ3) is 2.71. The highest BCUT2D eigenvalue weighted by atomic mass is 16.6. The van der Waals surface area contributed by atoms with Crippen molar-refractivity contribution in [3.8, 4) is 0 Å². The molecule has 0 atom stereocenters. The van der Waals surface area contributed by atoms with E-state index >= 15 is 0 Å². The molecule has 1 N–H and O–H groups in total. The van der Waals surface area contributed by atoms with E-state index in [0.29, 0.717) is 17.8 Å². The van der Waals surface area contributed by atoms with Gasteiger partial charge in [-0.2, -0.15) is 0 Å². The molecule has 1 aromatic heterocycles. The largest absolute Gasteiger partial charge is 0.476 e. The highest BCUT2D eigenvalue weighted by Gasteiger charge is 2.17. The van der Waals surface area contributed by atoms with Gasteiger partial charge >= 0.3 is 5.97 Å². The van der Waals surface area contributed by atoms with Gasteiger partial charge in [-0.25, -0.2) is 14.8 Å². The molecule has 0 amide bonds. The highest BCUT2D eigenvalue weighted by Crippen LogP contribution is 2.22. The maximum Gasteiger partial charge on any atom is 0.355 e. The van der Waals surface area contributed by atoms with E-state index in [4.69, 9.17) is 0 Å². The number of non-ortho nitro benzene ring substituents is 1. The van der Waals surface area contributed by atoms with Gasteiger partial charge in [0.2, 0.25) is 0 Å². The first kappa shape index (κ1) is 13.9. The molecule has 104 valence electrons. The topological polar surface area (TPSA) is 106 Å². The van der Waals surface area contributed by atoms with Crippen LogP contribution < -0.4 is 0 Å². The van der Waals surface area contributed by atoms with Crippen molar-refractivity contribution in [2.24, 2.45) is 5.92 Å². The van der Waals surface area contributed by atoms with E-state index in [-0.39, 0.29) is 22.7 Å². The number of fused-ring (bicyclic) bond motifs is 1. The Labute approximate surface area is 114 Å². The molecule has 1 aromatic carbocycles. The Kier molecular flexibility index (Phi) is 3.60. The van der Waals surface area contributed by atoms with Crippen molar-refractivity contribution >= 4 is 22.6 Å². The summed E-state index contributed by atoms with van der Waals surface area (Å²) in [6.07, 6.45) is 0.549. The number of carboxylic acid groups (broad SMARTS) is 1. The van der Waals surface area contributed by atoms with Crippen LogP contribution in [0.1, 0.15) is 30.2 Å². The van der Waals surface area contributed by atoms with Crippen LogP contribution in [0.3, 0.4) is 0 Å². The van der Waals surface area contributed by atoms with Gasteiger partial charge in [0.25, 0.3) is 5.69 Å². The molecule has 7 nitrogen and oxygen atoms in total. The fraction of sp³-hybridized carbons (Fsp3) is 0.308. The summed E-state index contributed by atoms with van der Waals surface area (Å²) in [5, 5.41) is 20.1. The second-order valence-corrected chi connectivity index (χ2v) is 4.85. The number of hydrogen-bond acceptors (Lipinski definition) is 5. The number of hydrogen-bond donors (Lipinski definition) is 1. The van der Waals surface area contributed by atoms with Crippen LogP contribution in [-0.4, -0.2) is 26.0 Å². The molecular weight excluding hydrogens is 262 g/mol. The van der Waals surface area contributed by atoms with Crippen molar-refractivity contribution in [3.63, 3.8) is 0 Å². The van der Waals surface area contributed by atoms with Crippen LogP contribution in [-0.2, 0) is 6.42 Å². The lowest BCUT2D eigenvalue weighted by atomic mass is 10.1. The van der Waals surface area contributed by atoms with Crippen LogP contribution in [0.5, 0.6) is 0 Å². The van der Waals surface area contributed by atoms with Crippen LogP contribution in [0.4, 0.5) is 5.69 Å². The SMILES string of the molecule is CC(C)Cc1nc(C(=O)O)c2cc([N+](=O)[O-])ccc2n1. The molecular formula is C13H13N3O4. The van der Waals surface area contributed by atoms with E-state index in [1.165, 1.54) is 18.2 Å². The summed E-state index contributed by atoms with van der Waals surface area (Å²) < 4.78 is 0. The summed E-state index contributed by atoms with van der Waals surface area (Å²) in [4.78, 5) is 29.7. The minimum atomic E-state index is -1.22. The Hall–Kier alpha value is -2.57. The fourth-order valence-electron chi connectivity index (χ4n) is 1.90. The maximum absolute atomic E-state index is 11.3. The molecule has 0 unspecified atom stereocenters. The van der Waals surface area contributed by atoms with Gasteiger partial charge in [-0.05, 0) is 12.0 Å². The summed E-state index contributed by atoms with van der Waals surface area (Å²) in [7, 11) is 0. The number of nitro benzene ring substituents is 1. The van der Waals surface area contributed by atoms with E-state index in [0.717, 1.165) is 0 Å². The van der Waals surface area contributed by atoms with Crippen LogP contribution in [0.2, 0.25) is 0 Å². The minimum Gasteiger partial charge on any atom is -0.476 e. The lowest BCUT2D eigenvalue weighted by molar-refractivity contribution is -0.384. The molecule has 0 aliphatic rings. The zero-order valence-electron chi connectivity index (χ0n) is 11.0. The van der Waals surface area contributed by atoms with Gasteiger partial charge in [0, 0.05) is 23.9 Å². The van der Waals surface area contributed by atoms with Gasteiger partial charge < -0.3 is 5.11 Å². The van der Waals surface area contributed by atoms with Gasteiger partial charge in [0.1, 0.15) is 5.82 Å². The molecule has 1 heterocycles. The Bertz CT molecular complexity index is 697. The van der Waals surface area contributed by atoms with Crippen molar-refractivity contribution in [2.75, 3.05) is 0 Å². The van der Waals surface area contributed by atoms with Gasteiger partial charge in [0.05, 0.1) is 10.4 Å². The quantitative estimate of drug-likeness (QED) is 0.678. The number of carbonyl (C=O) groups is 1. The van der Waals surface area contributed by atoms with Crippen molar-refractivity contribution in [2.45, 2.75) is 20.3 Å². The number of aromatic carboxylic acids is 1. The molecule has 2 rings (SSSR count). The minimum absolute atomic E-state index is 0.180.